The minimum atomic E-state index is 0.587. The quantitative estimate of drug-likeness (QED) is 0.561. The molecule has 1 aliphatic carbocycles. The van der Waals surface area contributed by atoms with Gasteiger partial charge in [0.1, 0.15) is 0 Å². The standard InChI is InChI=1S/C23H33N/c1-6-11-23(12-8-9-13-23)14-10-19(4)22-17-24-16-21(22)15-20(5)18(3)7-2/h2,15,17,24H,4,6,8-14,16H2,1,3,5H3/b20-18-,21-15+. The van der Waals surface area contributed by atoms with Crippen molar-refractivity contribution in [2.75, 3.05) is 6.54 Å². The number of rotatable bonds is 7. The summed E-state index contributed by atoms with van der Waals surface area (Å²) in [6.07, 6.45) is 20.6. The third-order valence-corrected chi connectivity index (χ3v) is 5.87. The summed E-state index contributed by atoms with van der Waals surface area (Å²) in [7, 11) is 0. The van der Waals surface area contributed by atoms with Gasteiger partial charge in [0.25, 0.3) is 0 Å². The van der Waals surface area contributed by atoms with Gasteiger partial charge in [0.15, 0.2) is 0 Å². The van der Waals surface area contributed by atoms with Crippen LogP contribution in [-0.2, 0) is 0 Å². The summed E-state index contributed by atoms with van der Waals surface area (Å²) < 4.78 is 0. The van der Waals surface area contributed by atoms with Gasteiger partial charge >= 0.3 is 0 Å². The number of terminal acetylenes is 1. The van der Waals surface area contributed by atoms with Gasteiger partial charge in [-0.15, -0.1) is 6.42 Å². The van der Waals surface area contributed by atoms with Gasteiger partial charge in [-0.2, -0.15) is 0 Å². The summed E-state index contributed by atoms with van der Waals surface area (Å²) in [6, 6.07) is 0. The van der Waals surface area contributed by atoms with E-state index in [1.807, 2.05) is 6.92 Å². The van der Waals surface area contributed by atoms with E-state index in [4.69, 9.17) is 6.42 Å². The van der Waals surface area contributed by atoms with Crippen LogP contribution in [0.1, 0.15) is 72.1 Å². The molecule has 0 aromatic heterocycles. The van der Waals surface area contributed by atoms with E-state index in [0.29, 0.717) is 5.41 Å². The second kappa shape index (κ2) is 8.43. The van der Waals surface area contributed by atoms with E-state index in [2.05, 4.69) is 43.9 Å². The fraction of sp³-hybridized carbons (Fsp3) is 0.565. The van der Waals surface area contributed by atoms with Crippen molar-refractivity contribution in [3.63, 3.8) is 0 Å². The van der Waals surface area contributed by atoms with Crippen molar-refractivity contribution in [2.45, 2.75) is 72.1 Å². The van der Waals surface area contributed by atoms with E-state index < -0.39 is 0 Å². The largest absolute Gasteiger partial charge is 0.386 e. The first-order chi connectivity index (χ1) is 11.5. The highest BCUT2D eigenvalue weighted by Crippen LogP contribution is 2.46. The zero-order valence-electron chi connectivity index (χ0n) is 15.8. The Balaban J connectivity index is 2.04. The molecule has 0 bridgehead atoms. The Morgan fingerprint density at radius 2 is 2.04 bits per heavy atom. The molecule has 1 saturated carbocycles. The molecule has 0 unspecified atom stereocenters. The van der Waals surface area contributed by atoms with Gasteiger partial charge < -0.3 is 5.32 Å². The van der Waals surface area contributed by atoms with Crippen LogP contribution in [0.3, 0.4) is 0 Å². The van der Waals surface area contributed by atoms with Gasteiger partial charge in [0.2, 0.25) is 0 Å². The monoisotopic (exact) mass is 323 g/mol. The summed E-state index contributed by atoms with van der Waals surface area (Å²) >= 11 is 0. The van der Waals surface area contributed by atoms with E-state index in [-0.39, 0.29) is 0 Å². The van der Waals surface area contributed by atoms with Gasteiger partial charge in [0, 0.05) is 18.3 Å². The topological polar surface area (TPSA) is 12.0 Å². The van der Waals surface area contributed by atoms with Crippen molar-refractivity contribution >= 4 is 0 Å². The van der Waals surface area contributed by atoms with Crippen LogP contribution in [0, 0.1) is 17.8 Å². The SMILES string of the molecule is C#C/C(C)=C(C)\C=C1/CNC=C1C(=C)CCC1(CCC)CCCC1. The third kappa shape index (κ3) is 4.44. The van der Waals surface area contributed by atoms with Crippen molar-refractivity contribution in [1.82, 2.24) is 5.32 Å². The Morgan fingerprint density at radius 3 is 2.67 bits per heavy atom. The summed E-state index contributed by atoms with van der Waals surface area (Å²) in [5, 5.41) is 3.36. The lowest BCUT2D eigenvalue weighted by Gasteiger charge is -2.29. The molecule has 2 rings (SSSR count). The Hall–Kier alpha value is -1.68. The molecule has 1 N–H and O–H groups in total. The van der Waals surface area contributed by atoms with Crippen molar-refractivity contribution in [3.8, 4) is 12.3 Å². The molecule has 1 nitrogen and oxygen atoms in total. The molecule has 2 aliphatic rings. The lowest BCUT2D eigenvalue weighted by Crippen LogP contribution is -2.16. The molecule has 0 amide bonds. The zero-order chi connectivity index (χ0) is 17.6. The molecule has 0 radical (unpaired) electrons. The van der Waals surface area contributed by atoms with Crippen LogP contribution in [0.4, 0.5) is 0 Å². The fourth-order valence-electron chi connectivity index (χ4n) is 4.22. The van der Waals surface area contributed by atoms with Crippen LogP contribution in [0.15, 0.2) is 46.7 Å². The predicted octanol–water partition coefficient (Wildman–Crippen LogP) is 6.07. The average Bonchev–Trinajstić information content (AvgIpc) is 3.22. The lowest BCUT2D eigenvalue weighted by atomic mass is 9.76. The maximum Gasteiger partial charge on any atom is 0.0402 e. The predicted molar refractivity (Wildman–Crippen MR) is 106 cm³/mol. The van der Waals surface area contributed by atoms with E-state index >= 15 is 0 Å². The Morgan fingerprint density at radius 1 is 1.33 bits per heavy atom. The van der Waals surface area contributed by atoms with Gasteiger partial charge in [-0.3, -0.25) is 0 Å². The number of hydrogen-bond acceptors (Lipinski definition) is 1. The first kappa shape index (κ1) is 18.7. The Kier molecular flexibility index (Phi) is 6.55. The lowest BCUT2D eigenvalue weighted by molar-refractivity contribution is 0.246. The van der Waals surface area contributed by atoms with Crippen LogP contribution >= 0.6 is 0 Å². The molecule has 130 valence electrons. The highest BCUT2D eigenvalue weighted by Gasteiger charge is 2.32. The third-order valence-electron chi connectivity index (χ3n) is 5.87. The second-order valence-electron chi connectivity index (χ2n) is 7.62. The summed E-state index contributed by atoms with van der Waals surface area (Å²) in [4.78, 5) is 0. The average molecular weight is 324 g/mol. The molecular weight excluding hydrogens is 290 g/mol. The minimum absolute atomic E-state index is 0.587. The van der Waals surface area contributed by atoms with Crippen LogP contribution in [0.25, 0.3) is 0 Å². The number of nitrogens with one attached hydrogen (secondary N) is 1. The highest BCUT2D eigenvalue weighted by molar-refractivity contribution is 5.52. The molecule has 1 aliphatic heterocycles. The molecule has 1 fully saturated rings. The molecule has 0 aromatic carbocycles. The summed E-state index contributed by atoms with van der Waals surface area (Å²) in [5.41, 5.74) is 6.66. The maximum absolute atomic E-state index is 5.52. The van der Waals surface area contributed by atoms with Crippen molar-refractivity contribution in [2.24, 2.45) is 5.41 Å². The van der Waals surface area contributed by atoms with E-state index in [1.54, 1.807) is 0 Å². The molecule has 0 saturated heterocycles. The molecule has 1 heterocycles. The molecule has 0 atom stereocenters. The molecular formula is C23H33N. The van der Waals surface area contributed by atoms with Gasteiger partial charge in [-0.05, 0) is 73.7 Å². The van der Waals surface area contributed by atoms with Crippen molar-refractivity contribution < 1.29 is 0 Å². The van der Waals surface area contributed by atoms with E-state index in [0.717, 1.165) is 18.5 Å². The Labute approximate surface area is 149 Å². The first-order valence-corrected chi connectivity index (χ1v) is 9.48. The van der Waals surface area contributed by atoms with Crippen LogP contribution in [0.2, 0.25) is 0 Å². The molecule has 0 aromatic rings. The van der Waals surface area contributed by atoms with Crippen LogP contribution in [0.5, 0.6) is 0 Å². The van der Waals surface area contributed by atoms with E-state index in [1.165, 1.54) is 67.2 Å². The minimum Gasteiger partial charge on any atom is -0.386 e. The maximum atomic E-state index is 5.52. The Bertz CT molecular complexity index is 600. The molecule has 1 heteroatoms. The molecule has 0 spiro atoms. The normalized spacial score (nSPS) is 21.9. The van der Waals surface area contributed by atoms with E-state index in [9.17, 15) is 0 Å². The fourth-order valence-corrected chi connectivity index (χ4v) is 4.22. The first-order valence-electron chi connectivity index (χ1n) is 9.48. The van der Waals surface area contributed by atoms with Gasteiger partial charge in [0.05, 0.1) is 0 Å². The summed E-state index contributed by atoms with van der Waals surface area (Å²) in [5.74, 6) is 2.74. The second-order valence-corrected chi connectivity index (χ2v) is 7.62. The zero-order valence-corrected chi connectivity index (χ0v) is 15.8. The highest BCUT2D eigenvalue weighted by atomic mass is 14.9. The molecule has 24 heavy (non-hydrogen) atoms. The van der Waals surface area contributed by atoms with Gasteiger partial charge in [-0.25, -0.2) is 0 Å². The smallest absolute Gasteiger partial charge is 0.0402 e. The van der Waals surface area contributed by atoms with Gasteiger partial charge in [-0.1, -0.05) is 44.8 Å². The van der Waals surface area contributed by atoms with Crippen molar-refractivity contribution in [3.05, 3.63) is 46.7 Å². The summed E-state index contributed by atoms with van der Waals surface area (Å²) in [6.45, 7) is 11.7. The van der Waals surface area contributed by atoms with Crippen LogP contribution in [-0.4, -0.2) is 6.54 Å². The number of allylic oxidation sites excluding steroid dienone is 4. The van der Waals surface area contributed by atoms with Crippen LogP contribution < -0.4 is 5.32 Å². The number of hydrogen-bond donors (Lipinski definition) is 1. The van der Waals surface area contributed by atoms with Crippen molar-refractivity contribution in [1.29, 1.82) is 0 Å².